The fraction of sp³-hybridized carbons (Fsp3) is 0.923. The van der Waals surface area contributed by atoms with Gasteiger partial charge in [-0.1, -0.05) is 259 Å². The van der Waals surface area contributed by atoms with Gasteiger partial charge in [0.2, 0.25) is 0 Å². The van der Waals surface area contributed by atoms with Crippen LogP contribution in [0.15, 0.2) is 23.7 Å². The lowest BCUT2D eigenvalue weighted by Gasteiger charge is -2.10. The molecule has 0 rings (SSSR count). The number of ether oxygens (including phenoxy) is 1. The first-order chi connectivity index (χ1) is 26.3. The lowest BCUT2D eigenvalue weighted by atomic mass is 9.99. The molecular formula is C52H102O. The number of unbranched alkanes of at least 4 members (excludes halogenated alkanes) is 36. The van der Waals surface area contributed by atoms with Crippen molar-refractivity contribution in [3.63, 3.8) is 0 Å². The van der Waals surface area contributed by atoms with Crippen molar-refractivity contribution < 1.29 is 4.74 Å². The molecule has 0 unspecified atom stereocenters. The van der Waals surface area contributed by atoms with E-state index in [1.165, 1.54) is 283 Å². The van der Waals surface area contributed by atoms with E-state index in [1.807, 2.05) is 0 Å². The second kappa shape index (κ2) is 47.4. The van der Waals surface area contributed by atoms with Crippen molar-refractivity contribution in [3.8, 4) is 0 Å². The molecule has 0 aliphatic heterocycles. The Morgan fingerprint density at radius 1 is 0.226 bits per heavy atom. The van der Waals surface area contributed by atoms with Crippen LogP contribution in [0.2, 0.25) is 0 Å². The van der Waals surface area contributed by atoms with Crippen LogP contribution in [-0.2, 0) is 4.74 Å². The van der Waals surface area contributed by atoms with Crippen LogP contribution in [0.1, 0.15) is 310 Å². The van der Waals surface area contributed by atoms with Crippen molar-refractivity contribution in [2.24, 2.45) is 0 Å². The van der Waals surface area contributed by atoms with Gasteiger partial charge < -0.3 is 4.74 Å². The quantitative estimate of drug-likeness (QED) is 0.0446. The van der Waals surface area contributed by atoms with Gasteiger partial charge in [0.15, 0.2) is 0 Å². The first-order valence-corrected chi connectivity index (χ1v) is 25.3. The maximum atomic E-state index is 6.40. The first-order valence-electron chi connectivity index (χ1n) is 25.3. The van der Waals surface area contributed by atoms with Crippen molar-refractivity contribution in [2.75, 3.05) is 0 Å². The summed E-state index contributed by atoms with van der Waals surface area (Å²) in [4.78, 5) is 0. The molecule has 316 valence electrons. The average molecular weight is 743 g/mol. The Hall–Kier alpha value is -0.720. The highest BCUT2D eigenvalue weighted by atomic mass is 16.5. The van der Waals surface area contributed by atoms with Gasteiger partial charge in [-0.25, -0.2) is 0 Å². The van der Waals surface area contributed by atoms with Crippen molar-refractivity contribution >= 4 is 0 Å². The van der Waals surface area contributed by atoms with E-state index in [0.29, 0.717) is 0 Å². The molecule has 0 spiro atoms. The molecule has 0 aliphatic carbocycles. The summed E-state index contributed by atoms with van der Waals surface area (Å²) in [6, 6.07) is 0. The molecule has 0 heterocycles. The Bertz CT molecular complexity index is 607. The van der Waals surface area contributed by atoms with E-state index in [-0.39, 0.29) is 0 Å². The minimum Gasteiger partial charge on any atom is -0.473 e. The zero-order valence-corrected chi connectivity index (χ0v) is 37.7. The van der Waals surface area contributed by atoms with E-state index >= 15 is 0 Å². The third kappa shape index (κ3) is 43.9. The fourth-order valence-electron chi connectivity index (χ4n) is 8.07. The van der Waals surface area contributed by atoms with Crippen LogP contribution in [0.5, 0.6) is 0 Å². The molecule has 53 heavy (non-hydrogen) atoms. The Balaban J connectivity index is 4.87. The summed E-state index contributed by atoms with van der Waals surface area (Å²) in [6.45, 7) is 9.27. The van der Waals surface area contributed by atoms with Gasteiger partial charge >= 0.3 is 0 Å². The Morgan fingerprint density at radius 2 is 0.377 bits per heavy atom. The van der Waals surface area contributed by atoms with Gasteiger partial charge in [-0.2, -0.15) is 0 Å². The normalized spacial score (nSPS) is 11.3. The van der Waals surface area contributed by atoms with Crippen LogP contribution >= 0.6 is 0 Å². The number of hydrogen-bond donors (Lipinski definition) is 0. The average Bonchev–Trinajstić information content (AvgIpc) is 3.17. The van der Waals surface area contributed by atoms with E-state index in [1.54, 1.807) is 11.1 Å². The molecule has 0 aromatic rings. The van der Waals surface area contributed by atoms with E-state index in [4.69, 9.17) is 4.74 Å². The molecule has 0 N–H and O–H groups in total. The van der Waals surface area contributed by atoms with Crippen LogP contribution in [0.4, 0.5) is 0 Å². The van der Waals surface area contributed by atoms with Crippen LogP contribution in [0.3, 0.4) is 0 Å². The molecule has 0 bridgehead atoms. The standard InChI is InChI=1S/C52H102O/c1-5-9-13-17-21-25-29-33-37-41-45-51(46-42-38-34-30-26-22-18-14-10-6-2)49-53-50-52(47-43-39-35-31-27-23-19-15-11-7-3)48-44-40-36-32-28-24-20-16-12-8-4/h49-50H,5-48H2,1-4H3. The summed E-state index contributed by atoms with van der Waals surface area (Å²) >= 11 is 0. The second-order valence-electron chi connectivity index (χ2n) is 17.4. The molecule has 0 aromatic heterocycles. The third-order valence-electron chi connectivity index (χ3n) is 11.9. The van der Waals surface area contributed by atoms with Crippen molar-refractivity contribution in [2.45, 2.75) is 310 Å². The number of rotatable bonds is 46. The van der Waals surface area contributed by atoms with Crippen molar-refractivity contribution in [1.82, 2.24) is 0 Å². The number of hydrogen-bond acceptors (Lipinski definition) is 1. The third-order valence-corrected chi connectivity index (χ3v) is 11.9. The lowest BCUT2D eigenvalue weighted by molar-refractivity contribution is 0.381. The Morgan fingerprint density at radius 3 is 0.547 bits per heavy atom. The summed E-state index contributed by atoms with van der Waals surface area (Å²) in [5.41, 5.74) is 3.16. The van der Waals surface area contributed by atoms with Crippen molar-refractivity contribution in [1.29, 1.82) is 0 Å². The van der Waals surface area contributed by atoms with Gasteiger partial charge in [-0.3, -0.25) is 0 Å². The minimum absolute atomic E-state index is 1.24. The topological polar surface area (TPSA) is 9.23 Å². The zero-order valence-electron chi connectivity index (χ0n) is 37.7. The van der Waals surface area contributed by atoms with Crippen LogP contribution < -0.4 is 0 Å². The van der Waals surface area contributed by atoms with Gasteiger partial charge in [0.1, 0.15) is 0 Å². The monoisotopic (exact) mass is 743 g/mol. The molecule has 0 saturated carbocycles. The smallest absolute Gasteiger partial charge is 0.0893 e. The van der Waals surface area contributed by atoms with Crippen LogP contribution in [0.25, 0.3) is 0 Å². The maximum absolute atomic E-state index is 6.40. The van der Waals surface area contributed by atoms with Gasteiger partial charge in [-0.15, -0.1) is 0 Å². The zero-order chi connectivity index (χ0) is 38.4. The highest BCUT2D eigenvalue weighted by molar-refractivity contribution is 5.02. The molecule has 0 aromatic carbocycles. The SMILES string of the molecule is CCCCCCCCCCCCC(=COC=C(CCCCCCCCCCCC)CCCCCCCCCCCC)CCCCCCCCCCCC. The molecule has 0 saturated heterocycles. The van der Waals surface area contributed by atoms with E-state index < -0.39 is 0 Å². The molecule has 0 fully saturated rings. The summed E-state index contributed by atoms with van der Waals surface area (Å²) in [7, 11) is 0. The first kappa shape index (κ1) is 52.3. The Kier molecular flexibility index (Phi) is 46.8. The summed E-state index contributed by atoms with van der Waals surface area (Å²) in [5.74, 6) is 0. The maximum Gasteiger partial charge on any atom is 0.0893 e. The largest absolute Gasteiger partial charge is 0.473 e. The molecule has 0 radical (unpaired) electrons. The van der Waals surface area contributed by atoms with Gasteiger partial charge in [0.25, 0.3) is 0 Å². The summed E-state index contributed by atoms with van der Waals surface area (Å²) in [5, 5.41) is 0. The predicted octanol–water partition coefficient (Wildman–Crippen LogP) is 20.0. The lowest BCUT2D eigenvalue weighted by Crippen LogP contribution is -1.91. The summed E-state index contributed by atoms with van der Waals surface area (Å²) in [6.07, 6.45) is 66.0. The molecule has 0 aliphatic rings. The molecular weight excluding hydrogens is 641 g/mol. The number of allylic oxidation sites excluding steroid dienone is 2. The predicted molar refractivity (Wildman–Crippen MR) is 243 cm³/mol. The van der Waals surface area contributed by atoms with Crippen molar-refractivity contribution in [3.05, 3.63) is 23.7 Å². The van der Waals surface area contributed by atoms with Crippen LogP contribution in [-0.4, -0.2) is 0 Å². The highest BCUT2D eigenvalue weighted by Gasteiger charge is 2.04. The molecule has 0 atom stereocenters. The second-order valence-corrected chi connectivity index (χ2v) is 17.4. The van der Waals surface area contributed by atoms with Crippen LogP contribution in [0, 0.1) is 0 Å². The summed E-state index contributed by atoms with van der Waals surface area (Å²) < 4.78 is 6.40. The molecule has 1 heteroatoms. The highest BCUT2D eigenvalue weighted by Crippen LogP contribution is 2.23. The fourth-order valence-corrected chi connectivity index (χ4v) is 8.07. The Labute approximate surface area is 337 Å². The molecule has 0 amide bonds. The van der Waals surface area contributed by atoms with E-state index in [9.17, 15) is 0 Å². The van der Waals surface area contributed by atoms with Gasteiger partial charge in [-0.05, 0) is 62.5 Å². The van der Waals surface area contributed by atoms with Gasteiger partial charge in [0.05, 0.1) is 12.5 Å². The van der Waals surface area contributed by atoms with Gasteiger partial charge in [0, 0.05) is 0 Å². The van der Waals surface area contributed by atoms with E-state index in [0.717, 1.165) is 0 Å². The molecule has 1 nitrogen and oxygen atoms in total. The minimum atomic E-state index is 1.24. The van der Waals surface area contributed by atoms with E-state index in [2.05, 4.69) is 40.2 Å².